The third kappa shape index (κ3) is 7.68. The normalized spacial score (nSPS) is 22.0. The van der Waals surface area contributed by atoms with Crippen LogP contribution < -0.4 is 5.73 Å². The van der Waals surface area contributed by atoms with Crippen molar-refractivity contribution >= 4 is 11.8 Å². The van der Waals surface area contributed by atoms with Crippen molar-refractivity contribution in [1.29, 1.82) is 0 Å². The first kappa shape index (κ1) is 16.4. The summed E-state index contributed by atoms with van der Waals surface area (Å²) < 4.78 is 0. The van der Waals surface area contributed by atoms with Gasteiger partial charge in [0.1, 0.15) is 0 Å². The fraction of sp³-hybridized carbons (Fsp3) is 1.00. The van der Waals surface area contributed by atoms with Gasteiger partial charge in [-0.15, -0.1) is 0 Å². The first-order valence-corrected chi connectivity index (χ1v) is 9.26. The van der Waals surface area contributed by atoms with Crippen molar-refractivity contribution in [3.05, 3.63) is 0 Å². The lowest BCUT2D eigenvalue weighted by atomic mass is 10.0. The molecular weight excluding hydrogens is 238 g/mol. The minimum Gasteiger partial charge on any atom is -0.327 e. The first-order chi connectivity index (χ1) is 8.84. The van der Waals surface area contributed by atoms with Crippen molar-refractivity contribution in [2.75, 3.05) is 5.75 Å². The number of hydrogen-bond acceptors (Lipinski definition) is 2. The summed E-state index contributed by atoms with van der Waals surface area (Å²) in [6.45, 7) is 2.28. The molecule has 0 aromatic rings. The molecule has 0 aromatic carbocycles. The van der Waals surface area contributed by atoms with Gasteiger partial charge in [0, 0.05) is 11.3 Å². The van der Waals surface area contributed by atoms with Crippen LogP contribution in [0.15, 0.2) is 0 Å². The molecule has 2 unspecified atom stereocenters. The Morgan fingerprint density at radius 2 is 1.67 bits per heavy atom. The van der Waals surface area contributed by atoms with E-state index in [2.05, 4.69) is 18.7 Å². The molecule has 1 heterocycles. The van der Waals surface area contributed by atoms with Gasteiger partial charge >= 0.3 is 0 Å². The van der Waals surface area contributed by atoms with Gasteiger partial charge in [-0.25, -0.2) is 0 Å². The summed E-state index contributed by atoms with van der Waals surface area (Å²) in [5.41, 5.74) is 6.31. The molecule has 108 valence electrons. The molecule has 1 aliphatic rings. The lowest BCUT2D eigenvalue weighted by Gasteiger charge is -2.27. The highest BCUT2D eigenvalue weighted by atomic mass is 32.2. The van der Waals surface area contributed by atoms with Crippen LogP contribution in [-0.4, -0.2) is 17.0 Å². The van der Waals surface area contributed by atoms with Crippen molar-refractivity contribution in [3.63, 3.8) is 0 Å². The van der Waals surface area contributed by atoms with Crippen molar-refractivity contribution in [2.24, 2.45) is 5.73 Å². The Labute approximate surface area is 119 Å². The minimum absolute atomic E-state index is 0.468. The fourth-order valence-corrected chi connectivity index (χ4v) is 4.19. The monoisotopic (exact) mass is 271 g/mol. The van der Waals surface area contributed by atoms with E-state index < -0.39 is 0 Å². The Bertz CT molecular complexity index is 178. The predicted octanol–water partition coefficient (Wildman–Crippen LogP) is 5.13. The van der Waals surface area contributed by atoms with Crippen LogP contribution >= 0.6 is 11.8 Å². The molecule has 18 heavy (non-hydrogen) atoms. The second kappa shape index (κ2) is 11.2. The Morgan fingerprint density at radius 3 is 2.28 bits per heavy atom. The van der Waals surface area contributed by atoms with E-state index in [1.54, 1.807) is 0 Å². The third-order valence-corrected chi connectivity index (χ3v) is 5.62. The molecule has 0 radical (unpaired) electrons. The zero-order chi connectivity index (χ0) is 13.1. The van der Waals surface area contributed by atoms with Crippen molar-refractivity contribution in [2.45, 2.75) is 95.3 Å². The highest BCUT2D eigenvalue weighted by molar-refractivity contribution is 8.00. The van der Waals surface area contributed by atoms with E-state index in [1.165, 1.54) is 82.8 Å². The second-order valence-electron chi connectivity index (χ2n) is 5.83. The minimum atomic E-state index is 0.468. The van der Waals surface area contributed by atoms with E-state index >= 15 is 0 Å². The smallest absolute Gasteiger partial charge is 0.0199 e. The largest absolute Gasteiger partial charge is 0.327 e. The van der Waals surface area contributed by atoms with Crippen LogP contribution in [0, 0.1) is 0 Å². The van der Waals surface area contributed by atoms with Crippen LogP contribution in [0.4, 0.5) is 0 Å². The van der Waals surface area contributed by atoms with Gasteiger partial charge in [-0.3, -0.25) is 0 Å². The van der Waals surface area contributed by atoms with Gasteiger partial charge in [0.15, 0.2) is 0 Å². The molecule has 1 aliphatic heterocycles. The van der Waals surface area contributed by atoms with Gasteiger partial charge in [0.25, 0.3) is 0 Å². The molecule has 2 N–H and O–H groups in total. The molecule has 0 aromatic heterocycles. The van der Waals surface area contributed by atoms with Crippen LogP contribution in [0.3, 0.4) is 0 Å². The molecule has 1 nitrogen and oxygen atoms in total. The Balaban J connectivity index is 1.87. The predicted molar refractivity (Wildman–Crippen MR) is 85.3 cm³/mol. The van der Waals surface area contributed by atoms with Gasteiger partial charge < -0.3 is 5.73 Å². The zero-order valence-corrected chi connectivity index (χ0v) is 13.1. The molecule has 1 saturated heterocycles. The molecule has 0 aliphatic carbocycles. The maximum absolute atomic E-state index is 6.31. The van der Waals surface area contributed by atoms with E-state index in [0.29, 0.717) is 6.04 Å². The van der Waals surface area contributed by atoms with E-state index in [-0.39, 0.29) is 0 Å². The van der Waals surface area contributed by atoms with Crippen LogP contribution in [0.2, 0.25) is 0 Å². The second-order valence-corrected chi connectivity index (χ2v) is 7.18. The van der Waals surface area contributed by atoms with E-state index in [0.717, 1.165) is 5.25 Å². The number of hydrogen-bond donors (Lipinski definition) is 1. The van der Waals surface area contributed by atoms with Gasteiger partial charge in [-0.2, -0.15) is 11.8 Å². The van der Waals surface area contributed by atoms with Gasteiger partial charge in [0.05, 0.1) is 0 Å². The quantitative estimate of drug-likeness (QED) is 0.557. The summed E-state index contributed by atoms with van der Waals surface area (Å²) in [4.78, 5) is 0. The fourth-order valence-electron chi connectivity index (χ4n) is 2.80. The van der Waals surface area contributed by atoms with Gasteiger partial charge in [-0.05, 0) is 25.0 Å². The number of nitrogens with two attached hydrogens (primary N) is 1. The van der Waals surface area contributed by atoms with Gasteiger partial charge in [0.2, 0.25) is 0 Å². The summed E-state index contributed by atoms with van der Waals surface area (Å²) in [5.74, 6) is 1.34. The van der Waals surface area contributed by atoms with Crippen LogP contribution in [0.1, 0.15) is 84.0 Å². The average Bonchev–Trinajstić information content (AvgIpc) is 2.42. The molecule has 0 spiro atoms. The maximum Gasteiger partial charge on any atom is 0.0199 e. The topological polar surface area (TPSA) is 26.0 Å². The number of unbranched alkanes of at least 4 members (excludes halogenated alkanes) is 7. The van der Waals surface area contributed by atoms with Crippen LogP contribution in [-0.2, 0) is 0 Å². The first-order valence-electron chi connectivity index (χ1n) is 8.21. The lowest BCUT2D eigenvalue weighted by molar-refractivity contribution is 0.493. The maximum atomic E-state index is 6.31. The van der Waals surface area contributed by atoms with E-state index in [4.69, 9.17) is 5.73 Å². The average molecular weight is 272 g/mol. The summed E-state index contributed by atoms with van der Waals surface area (Å²) in [7, 11) is 0. The van der Waals surface area contributed by atoms with Crippen LogP contribution in [0.5, 0.6) is 0 Å². The summed E-state index contributed by atoms with van der Waals surface area (Å²) in [5, 5.41) is 0.767. The van der Waals surface area contributed by atoms with Crippen LogP contribution in [0.25, 0.3) is 0 Å². The zero-order valence-electron chi connectivity index (χ0n) is 12.3. The third-order valence-electron chi connectivity index (χ3n) is 4.08. The summed E-state index contributed by atoms with van der Waals surface area (Å²) in [6, 6.07) is 0.468. The molecule has 0 saturated carbocycles. The number of rotatable bonds is 10. The Hall–Kier alpha value is 0.310. The summed E-state index contributed by atoms with van der Waals surface area (Å²) in [6.07, 6.45) is 16.7. The van der Waals surface area contributed by atoms with E-state index in [9.17, 15) is 0 Å². The standard InChI is InChI=1S/C16H33NS/c1-2-3-4-5-6-7-8-9-12-15(17)16-13-10-11-14-18-16/h15-16H,2-14,17H2,1H3. The van der Waals surface area contributed by atoms with Gasteiger partial charge in [-0.1, -0.05) is 64.7 Å². The lowest BCUT2D eigenvalue weighted by Crippen LogP contribution is -2.34. The highest BCUT2D eigenvalue weighted by Gasteiger charge is 2.20. The molecule has 1 rings (SSSR count). The molecule has 2 atom stereocenters. The van der Waals surface area contributed by atoms with Crippen molar-refractivity contribution in [1.82, 2.24) is 0 Å². The molecule has 1 fully saturated rings. The summed E-state index contributed by atoms with van der Waals surface area (Å²) >= 11 is 2.12. The molecular formula is C16H33NS. The van der Waals surface area contributed by atoms with Crippen molar-refractivity contribution in [3.8, 4) is 0 Å². The molecule has 2 heteroatoms. The Kier molecular flexibility index (Phi) is 10.1. The Morgan fingerprint density at radius 1 is 1.00 bits per heavy atom. The van der Waals surface area contributed by atoms with E-state index in [1.807, 2.05) is 0 Å². The molecule has 0 amide bonds. The number of thioether (sulfide) groups is 1. The highest BCUT2D eigenvalue weighted by Crippen LogP contribution is 2.28. The van der Waals surface area contributed by atoms with Crippen molar-refractivity contribution < 1.29 is 0 Å². The molecule has 0 bridgehead atoms. The SMILES string of the molecule is CCCCCCCCCCC(N)C1CCCCS1.